The third kappa shape index (κ3) is 6.48. The van der Waals surface area contributed by atoms with Crippen molar-refractivity contribution in [3.05, 3.63) is 29.8 Å². The monoisotopic (exact) mass is 346 g/mol. The number of carbonyl (C=O) groups excluding carboxylic acids is 2. The van der Waals surface area contributed by atoms with Gasteiger partial charge in [-0.3, -0.25) is 19.4 Å². The van der Waals surface area contributed by atoms with Crippen molar-refractivity contribution < 1.29 is 9.59 Å². The summed E-state index contributed by atoms with van der Waals surface area (Å²) in [6.07, 6.45) is 0.940. The smallest absolute Gasteiger partial charge is 0.238 e. The Balaban J connectivity index is 1.70. The van der Waals surface area contributed by atoms with Gasteiger partial charge in [-0.15, -0.1) is 0 Å². The summed E-state index contributed by atoms with van der Waals surface area (Å²) in [7, 11) is 0. The highest BCUT2D eigenvalue weighted by molar-refractivity contribution is 5.92. The van der Waals surface area contributed by atoms with E-state index < -0.39 is 0 Å². The van der Waals surface area contributed by atoms with Crippen LogP contribution in [0.1, 0.15) is 25.8 Å². The van der Waals surface area contributed by atoms with Crippen LogP contribution in [-0.4, -0.2) is 66.9 Å². The van der Waals surface area contributed by atoms with E-state index in [1.807, 2.05) is 38.1 Å². The molecule has 6 heteroatoms. The molecule has 0 aliphatic carbocycles. The van der Waals surface area contributed by atoms with Gasteiger partial charge in [-0.2, -0.15) is 0 Å². The van der Waals surface area contributed by atoms with E-state index in [1.54, 1.807) is 0 Å². The topological polar surface area (TPSA) is 64.7 Å². The van der Waals surface area contributed by atoms with Gasteiger partial charge in [-0.1, -0.05) is 25.1 Å². The lowest BCUT2D eigenvalue weighted by Gasteiger charge is -2.34. The van der Waals surface area contributed by atoms with E-state index in [0.717, 1.165) is 43.9 Å². The quantitative estimate of drug-likeness (QED) is 0.785. The second kappa shape index (κ2) is 9.53. The van der Waals surface area contributed by atoms with Crippen molar-refractivity contribution >= 4 is 17.5 Å². The van der Waals surface area contributed by atoms with E-state index in [0.29, 0.717) is 13.1 Å². The van der Waals surface area contributed by atoms with Crippen molar-refractivity contribution in [1.29, 1.82) is 0 Å². The molecule has 1 unspecified atom stereocenters. The number of aryl methyl sites for hydroxylation is 1. The molecule has 1 aliphatic heterocycles. The summed E-state index contributed by atoms with van der Waals surface area (Å²) in [5, 5.41) is 5.97. The molecule has 1 heterocycles. The van der Waals surface area contributed by atoms with Gasteiger partial charge in [0.2, 0.25) is 11.8 Å². The maximum atomic E-state index is 12.2. The molecule has 1 aliphatic rings. The van der Waals surface area contributed by atoms with Crippen LogP contribution < -0.4 is 10.6 Å². The molecule has 1 aromatic rings. The van der Waals surface area contributed by atoms with Crippen LogP contribution in [0.2, 0.25) is 0 Å². The number of rotatable bonds is 7. The Morgan fingerprint density at radius 2 is 1.60 bits per heavy atom. The molecule has 1 aromatic carbocycles. The summed E-state index contributed by atoms with van der Waals surface area (Å²) in [4.78, 5) is 28.4. The van der Waals surface area contributed by atoms with Crippen molar-refractivity contribution in [2.45, 2.75) is 33.2 Å². The number of nitrogens with one attached hydrogen (secondary N) is 2. The third-order valence-corrected chi connectivity index (χ3v) is 4.64. The van der Waals surface area contributed by atoms with E-state index >= 15 is 0 Å². The van der Waals surface area contributed by atoms with E-state index in [4.69, 9.17) is 0 Å². The van der Waals surface area contributed by atoms with Crippen molar-refractivity contribution in [2.24, 2.45) is 0 Å². The van der Waals surface area contributed by atoms with E-state index in [-0.39, 0.29) is 17.9 Å². The first-order valence-electron chi connectivity index (χ1n) is 9.07. The van der Waals surface area contributed by atoms with Crippen molar-refractivity contribution in [1.82, 2.24) is 15.1 Å². The lowest BCUT2D eigenvalue weighted by Crippen LogP contribution is -2.51. The largest absolute Gasteiger partial charge is 0.353 e. The van der Waals surface area contributed by atoms with Gasteiger partial charge in [-0.05, 0) is 31.9 Å². The van der Waals surface area contributed by atoms with Gasteiger partial charge in [0, 0.05) is 37.9 Å². The van der Waals surface area contributed by atoms with Crippen molar-refractivity contribution in [2.75, 3.05) is 44.6 Å². The molecule has 0 aromatic heterocycles. The minimum atomic E-state index is 0.0114. The fourth-order valence-electron chi connectivity index (χ4n) is 2.84. The van der Waals surface area contributed by atoms with Crippen LogP contribution in [0.3, 0.4) is 0 Å². The predicted molar refractivity (Wildman–Crippen MR) is 101 cm³/mol. The molecule has 0 bridgehead atoms. The summed E-state index contributed by atoms with van der Waals surface area (Å²) in [5.74, 6) is 0.0948. The molecular formula is C19H30N4O2. The fourth-order valence-corrected chi connectivity index (χ4v) is 2.84. The van der Waals surface area contributed by atoms with Crippen LogP contribution in [-0.2, 0) is 9.59 Å². The molecule has 25 heavy (non-hydrogen) atoms. The Morgan fingerprint density at radius 3 is 2.16 bits per heavy atom. The molecule has 0 radical (unpaired) electrons. The van der Waals surface area contributed by atoms with Gasteiger partial charge >= 0.3 is 0 Å². The number of nitrogens with zero attached hydrogens (tertiary/aromatic N) is 2. The number of piperazine rings is 1. The maximum Gasteiger partial charge on any atom is 0.238 e. The zero-order valence-electron chi connectivity index (χ0n) is 15.5. The Labute approximate surface area is 150 Å². The highest BCUT2D eigenvalue weighted by Crippen LogP contribution is 2.13. The molecule has 1 atom stereocenters. The van der Waals surface area contributed by atoms with Crippen molar-refractivity contribution in [3.63, 3.8) is 0 Å². The summed E-state index contributed by atoms with van der Waals surface area (Å²) in [6, 6.07) is 8.01. The first kappa shape index (κ1) is 19.4. The van der Waals surface area contributed by atoms with Gasteiger partial charge < -0.3 is 10.6 Å². The molecular weight excluding hydrogens is 316 g/mol. The second-order valence-corrected chi connectivity index (χ2v) is 6.79. The first-order chi connectivity index (χ1) is 12.0. The predicted octanol–water partition coefficient (Wildman–Crippen LogP) is 1.47. The van der Waals surface area contributed by atoms with Gasteiger partial charge in [0.15, 0.2) is 0 Å². The SMILES string of the molecule is CCC(C)NC(=O)CN1CCN(CC(=O)Nc2ccccc2C)CC1. The molecule has 138 valence electrons. The fraction of sp³-hybridized carbons (Fsp3) is 0.579. The van der Waals surface area contributed by atoms with Gasteiger partial charge in [0.25, 0.3) is 0 Å². The van der Waals surface area contributed by atoms with Crippen LogP contribution >= 0.6 is 0 Å². The molecule has 1 saturated heterocycles. The third-order valence-electron chi connectivity index (χ3n) is 4.64. The van der Waals surface area contributed by atoms with E-state index in [9.17, 15) is 9.59 Å². The summed E-state index contributed by atoms with van der Waals surface area (Å²) in [5.41, 5.74) is 1.93. The van der Waals surface area contributed by atoms with Crippen LogP contribution in [0.5, 0.6) is 0 Å². The first-order valence-corrected chi connectivity index (χ1v) is 9.07. The number of carbonyl (C=O) groups is 2. The minimum Gasteiger partial charge on any atom is -0.353 e. The standard InChI is InChI=1S/C19H30N4O2/c1-4-16(3)20-18(24)13-22-9-11-23(12-10-22)14-19(25)21-17-8-6-5-7-15(17)2/h5-8,16H,4,9-14H2,1-3H3,(H,20,24)(H,21,25). The summed E-state index contributed by atoms with van der Waals surface area (Å²) >= 11 is 0. The van der Waals surface area contributed by atoms with Crippen LogP contribution in [0.4, 0.5) is 5.69 Å². The molecule has 2 N–H and O–H groups in total. The van der Waals surface area contributed by atoms with E-state index in [2.05, 4.69) is 27.4 Å². The zero-order chi connectivity index (χ0) is 18.2. The zero-order valence-corrected chi connectivity index (χ0v) is 15.5. The average molecular weight is 346 g/mol. The second-order valence-electron chi connectivity index (χ2n) is 6.79. The van der Waals surface area contributed by atoms with Crippen molar-refractivity contribution in [3.8, 4) is 0 Å². The minimum absolute atomic E-state index is 0.0114. The van der Waals surface area contributed by atoms with Crippen LogP contribution in [0.25, 0.3) is 0 Å². The molecule has 2 amide bonds. The lowest BCUT2D eigenvalue weighted by molar-refractivity contribution is -0.124. The number of para-hydroxylation sites is 1. The number of anilines is 1. The Bertz CT molecular complexity index is 583. The molecule has 0 saturated carbocycles. The van der Waals surface area contributed by atoms with E-state index in [1.165, 1.54) is 0 Å². The van der Waals surface area contributed by atoms with Gasteiger partial charge in [0.1, 0.15) is 0 Å². The normalized spacial score (nSPS) is 17.1. The highest BCUT2D eigenvalue weighted by atomic mass is 16.2. The Hall–Kier alpha value is -1.92. The number of hydrogen-bond donors (Lipinski definition) is 2. The Morgan fingerprint density at radius 1 is 1.04 bits per heavy atom. The highest BCUT2D eigenvalue weighted by Gasteiger charge is 2.21. The average Bonchev–Trinajstić information content (AvgIpc) is 2.58. The van der Waals surface area contributed by atoms with Crippen LogP contribution in [0, 0.1) is 6.92 Å². The summed E-state index contributed by atoms with van der Waals surface area (Å²) in [6.45, 7) is 10.1. The number of hydrogen-bond acceptors (Lipinski definition) is 4. The molecule has 1 fully saturated rings. The van der Waals surface area contributed by atoms with Crippen LogP contribution in [0.15, 0.2) is 24.3 Å². The summed E-state index contributed by atoms with van der Waals surface area (Å²) < 4.78 is 0. The number of amides is 2. The number of benzene rings is 1. The Kier molecular flexibility index (Phi) is 7.40. The lowest BCUT2D eigenvalue weighted by atomic mass is 10.2. The van der Waals surface area contributed by atoms with Gasteiger partial charge in [0.05, 0.1) is 13.1 Å². The maximum absolute atomic E-state index is 12.2. The molecule has 2 rings (SSSR count). The molecule has 6 nitrogen and oxygen atoms in total. The molecule has 0 spiro atoms. The van der Waals surface area contributed by atoms with Gasteiger partial charge in [-0.25, -0.2) is 0 Å².